The summed E-state index contributed by atoms with van der Waals surface area (Å²) in [6, 6.07) is 27.2. The summed E-state index contributed by atoms with van der Waals surface area (Å²) in [6.07, 6.45) is 0. The minimum Gasteiger partial charge on any atom is -0.508 e. The van der Waals surface area contributed by atoms with E-state index in [1.54, 1.807) is 54.6 Å². The molecule has 0 spiro atoms. The van der Waals surface area contributed by atoms with Crippen LogP contribution in [0.25, 0.3) is 21.5 Å². The molecule has 0 radical (unpaired) electrons. The van der Waals surface area contributed by atoms with E-state index < -0.39 is 0 Å². The number of phenols is 4. The summed E-state index contributed by atoms with van der Waals surface area (Å²) in [7, 11) is 0. The molecular weight excluding hydrogens is 524 g/mol. The first-order valence-electron chi connectivity index (χ1n) is 14.7. The molecule has 42 heavy (non-hydrogen) atoms. The molecule has 5 aromatic rings. The molecule has 5 heteroatoms. The van der Waals surface area contributed by atoms with Crippen molar-refractivity contribution >= 4 is 21.5 Å². The van der Waals surface area contributed by atoms with Gasteiger partial charge in [-0.2, -0.15) is 0 Å². The normalized spacial score (nSPS) is 9.98. The van der Waals surface area contributed by atoms with Crippen LogP contribution in [0, 0.1) is 0 Å². The molecule has 5 nitrogen and oxygen atoms in total. The molecule has 0 bridgehead atoms. The molecule has 0 saturated carbocycles. The lowest BCUT2D eigenvalue weighted by Crippen LogP contribution is -1.96. The highest BCUT2D eigenvalue weighted by Gasteiger charge is 2.09. The Labute approximate surface area is 251 Å². The Hall–Kier alpha value is -4.22. The largest absolute Gasteiger partial charge is 0.508 e. The fraction of sp³-hybridized carbons (Fsp3) is 0.297. The summed E-state index contributed by atoms with van der Waals surface area (Å²) in [6.45, 7) is 16.3. The third-order valence-electron chi connectivity index (χ3n) is 6.28. The topological polar surface area (TPSA) is 101 Å². The Balaban J connectivity index is 0.000000298. The molecule has 226 valence electrons. The zero-order chi connectivity index (χ0) is 31.8. The summed E-state index contributed by atoms with van der Waals surface area (Å²) in [5.74, 6) is 1.76. The molecule has 0 heterocycles. The molecule has 5 rings (SSSR count). The second kappa shape index (κ2) is 18.3. The number of aromatic hydroxyl groups is 4. The van der Waals surface area contributed by atoms with Gasteiger partial charge in [0.25, 0.3) is 0 Å². The highest BCUT2D eigenvalue weighted by atomic mass is 16.3. The molecule has 0 saturated heterocycles. The minimum absolute atomic E-state index is 0.0120. The van der Waals surface area contributed by atoms with Crippen LogP contribution in [0.1, 0.15) is 83.9 Å². The first-order valence-corrected chi connectivity index (χ1v) is 14.7. The third-order valence-corrected chi connectivity index (χ3v) is 6.28. The average molecular weight is 573 g/mol. The zero-order valence-corrected chi connectivity index (χ0v) is 26.3. The lowest BCUT2D eigenvalue weighted by molar-refractivity contribution is 0.279. The summed E-state index contributed by atoms with van der Waals surface area (Å²) in [4.78, 5) is 0. The van der Waals surface area contributed by atoms with E-state index in [-0.39, 0.29) is 29.8 Å². The zero-order valence-electron chi connectivity index (χ0n) is 26.3. The van der Waals surface area contributed by atoms with Gasteiger partial charge in [-0.3, -0.25) is 0 Å². The highest BCUT2D eigenvalue weighted by molar-refractivity contribution is 5.89. The quantitative estimate of drug-likeness (QED) is 0.148. The van der Waals surface area contributed by atoms with Crippen molar-refractivity contribution in [3.63, 3.8) is 0 Å². The third kappa shape index (κ3) is 10.3. The number of hydrogen-bond donors (Lipinski definition) is 5. The van der Waals surface area contributed by atoms with Crippen LogP contribution in [0.4, 0.5) is 0 Å². The summed E-state index contributed by atoms with van der Waals surface area (Å²) >= 11 is 0. The molecule has 5 N–H and O–H groups in total. The van der Waals surface area contributed by atoms with Crippen molar-refractivity contribution in [2.24, 2.45) is 0 Å². The van der Waals surface area contributed by atoms with E-state index in [2.05, 4.69) is 32.0 Å². The number of aliphatic hydroxyl groups excluding tert-OH is 1. The first-order chi connectivity index (χ1) is 20.1. The van der Waals surface area contributed by atoms with Crippen molar-refractivity contribution in [1.82, 2.24) is 0 Å². The predicted molar refractivity (Wildman–Crippen MR) is 178 cm³/mol. The smallest absolute Gasteiger partial charge is 0.123 e. The van der Waals surface area contributed by atoms with Crippen LogP contribution in [0.2, 0.25) is 0 Å². The molecule has 0 aliphatic rings. The highest BCUT2D eigenvalue weighted by Crippen LogP contribution is 2.29. The van der Waals surface area contributed by atoms with Gasteiger partial charge in [-0.15, -0.1) is 0 Å². The van der Waals surface area contributed by atoms with Gasteiger partial charge < -0.3 is 25.5 Å². The maximum absolute atomic E-state index is 9.48. The Bertz CT molecular complexity index is 1510. The van der Waals surface area contributed by atoms with Crippen LogP contribution < -0.4 is 0 Å². The number of aliphatic hydroxyl groups is 1. The monoisotopic (exact) mass is 572 g/mol. The summed E-state index contributed by atoms with van der Waals surface area (Å²) in [5, 5.41) is 50.2. The number of fused-ring (bicyclic) bond motifs is 2. The van der Waals surface area contributed by atoms with Gasteiger partial charge in [-0.25, -0.2) is 0 Å². The van der Waals surface area contributed by atoms with E-state index in [0.717, 1.165) is 21.9 Å². The van der Waals surface area contributed by atoms with Gasteiger partial charge in [-0.05, 0) is 75.5 Å². The lowest BCUT2D eigenvalue weighted by atomic mass is 9.96. The Morgan fingerprint density at radius 3 is 1.62 bits per heavy atom. The van der Waals surface area contributed by atoms with Gasteiger partial charge in [0.05, 0.1) is 6.61 Å². The molecule has 0 atom stereocenters. The van der Waals surface area contributed by atoms with Gasteiger partial charge in [-0.1, -0.05) is 110 Å². The fourth-order valence-corrected chi connectivity index (χ4v) is 4.26. The van der Waals surface area contributed by atoms with Gasteiger partial charge in [0.1, 0.15) is 23.0 Å². The molecule has 0 amide bonds. The van der Waals surface area contributed by atoms with Crippen molar-refractivity contribution in [2.75, 3.05) is 0 Å². The van der Waals surface area contributed by atoms with Crippen molar-refractivity contribution in [2.45, 2.75) is 73.8 Å². The van der Waals surface area contributed by atoms with E-state index in [1.165, 1.54) is 10.9 Å². The van der Waals surface area contributed by atoms with Crippen molar-refractivity contribution in [3.8, 4) is 23.0 Å². The van der Waals surface area contributed by atoms with E-state index in [1.807, 2.05) is 59.7 Å². The van der Waals surface area contributed by atoms with Crippen LogP contribution in [0.5, 0.6) is 23.0 Å². The summed E-state index contributed by atoms with van der Waals surface area (Å²) in [5.41, 5.74) is 2.99. The Morgan fingerprint density at radius 2 is 1.05 bits per heavy atom. The maximum atomic E-state index is 9.48. The van der Waals surface area contributed by atoms with Crippen LogP contribution in [-0.4, -0.2) is 25.5 Å². The predicted octanol–water partition coefficient (Wildman–Crippen LogP) is 9.98. The average Bonchev–Trinajstić information content (AvgIpc) is 2.99. The van der Waals surface area contributed by atoms with E-state index in [9.17, 15) is 15.3 Å². The minimum atomic E-state index is -0.0120. The van der Waals surface area contributed by atoms with Crippen molar-refractivity contribution in [3.05, 3.63) is 108 Å². The van der Waals surface area contributed by atoms with E-state index in [0.29, 0.717) is 17.1 Å². The fourth-order valence-electron chi connectivity index (χ4n) is 4.26. The summed E-state index contributed by atoms with van der Waals surface area (Å²) < 4.78 is 0. The molecule has 0 aliphatic carbocycles. The second-order valence-electron chi connectivity index (χ2n) is 9.79. The van der Waals surface area contributed by atoms with Gasteiger partial charge in [0.2, 0.25) is 0 Å². The Morgan fingerprint density at radius 1 is 0.524 bits per heavy atom. The molecule has 0 aliphatic heterocycles. The Kier molecular flexibility index (Phi) is 15.6. The van der Waals surface area contributed by atoms with Crippen molar-refractivity contribution in [1.29, 1.82) is 0 Å². The maximum Gasteiger partial charge on any atom is 0.123 e. The second-order valence-corrected chi connectivity index (χ2v) is 9.79. The van der Waals surface area contributed by atoms with Gasteiger partial charge >= 0.3 is 0 Å². The van der Waals surface area contributed by atoms with Crippen LogP contribution in [0.15, 0.2) is 91.0 Å². The van der Waals surface area contributed by atoms with Crippen molar-refractivity contribution < 1.29 is 25.5 Å². The number of hydrogen-bond acceptors (Lipinski definition) is 5. The molecule has 0 fully saturated rings. The molecule has 0 aromatic heterocycles. The van der Waals surface area contributed by atoms with E-state index >= 15 is 0 Å². The molecule has 0 unspecified atom stereocenters. The van der Waals surface area contributed by atoms with Crippen LogP contribution in [-0.2, 0) is 6.61 Å². The standard InChI is InChI=1S/C13H14O.C10H8O2.C10H14O2.2C2H6/c1-9(2)10-3-4-12-8-13(14)6-5-11(12)7-10;11-8-5-4-7-2-1-3-10(12)9(7)6-8;1-7(2)10-8(6-11)4-3-5-9(10)12;2*1-2/h3-9,14H,1-2H3;1-6,11-12H;3-5,7,11-12H,6H2,1-2H3;2*1-2H3. The van der Waals surface area contributed by atoms with Gasteiger partial charge in [0.15, 0.2) is 0 Å². The van der Waals surface area contributed by atoms with E-state index in [4.69, 9.17) is 10.2 Å². The number of benzene rings is 5. The number of phenolic OH excluding ortho intramolecular Hbond substituents is 4. The van der Waals surface area contributed by atoms with Gasteiger partial charge in [0, 0.05) is 10.9 Å². The number of rotatable bonds is 3. The van der Waals surface area contributed by atoms with Crippen LogP contribution in [0.3, 0.4) is 0 Å². The van der Waals surface area contributed by atoms with Crippen LogP contribution >= 0.6 is 0 Å². The lowest BCUT2D eigenvalue weighted by Gasteiger charge is -2.12. The first kappa shape index (κ1) is 35.8. The SMILES string of the molecule is CC.CC.CC(C)c1c(O)cccc1CO.CC(C)c1ccc2cc(O)ccc2c1.Oc1ccc2cccc(O)c2c1. The molecular formula is C37H48O5. The molecule has 5 aromatic carbocycles.